The van der Waals surface area contributed by atoms with E-state index < -0.39 is 5.82 Å². The number of nitrogens with one attached hydrogen (secondary N) is 1. The Labute approximate surface area is 165 Å². The van der Waals surface area contributed by atoms with Crippen molar-refractivity contribution in [2.45, 2.75) is 44.6 Å². The number of hydrogen-bond donors (Lipinski definition) is 1. The van der Waals surface area contributed by atoms with Crippen molar-refractivity contribution in [3.63, 3.8) is 0 Å². The van der Waals surface area contributed by atoms with Crippen molar-refractivity contribution in [3.05, 3.63) is 47.3 Å². The molecule has 0 bridgehead atoms. The second-order valence-electron chi connectivity index (χ2n) is 6.90. The van der Waals surface area contributed by atoms with Crippen LogP contribution in [0.1, 0.15) is 44.3 Å². The lowest BCUT2D eigenvalue weighted by atomic mass is 9.87. The first-order valence-electron chi connectivity index (χ1n) is 9.09. The average Bonchev–Trinajstić information content (AvgIpc) is 3.04. The number of esters is 1. The van der Waals surface area contributed by atoms with Gasteiger partial charge in [-0.15, -0.1) is 5.10 Å². The first kappa shape index (κ1) is 18.6. The summed E-state index contributed by atoms with van der Waals surface area (Å²) >= 11 is 5.90. The molecule has 1 saturated carbocycles. The van der Waals surface area contributed by atoms with Crippen molar-refractivity contribution in [2.24, 2.45) is 0 Å². The summed E-state index contributed by atoms with van der Waals surface area (Å²) < 4.78 is 20.6. The highest BCUT2D eigenvalue weighted by Gasteiger charge is 2.27. The molecular formula is C19H19ClFN5O2. The van der Waals surface area contributed by atoms with E-state index in [-0.39, 0.29) is 23.0 Å². The Balaban J connectivity index is 1.54. The van der Waals surface area contributed by atoms with E-state index in [1.54, 1.807) is 23.0 Å². The lowest BCUT2D eigenvalue weighted by molar-refractivity contribution is -0.147. The smallest absolute Gasteiger partial charge is 0.302 e. The number of anilines is 2. The highest BCUT2D eigenvalue weighted by atomic mass is 35.5. The van der Waals surface area contributed by atoms with Crippen LogP contribution in [0.4, 0.5) is 16.0 Å². The van der Waals surface area contributed by atoms with Gasteiger partial charge in [-0.2, -0.15) is 0 Å². The van der Waals surface area contributed by atoms with Crippen LogP contribution in [0.5, 0.6) is 0 Å². The van der Waals surface area contributed by atoms with Crippen LogP contribution in [0.15, 0.2) is 30.6 Å². The summed E-state index contributed by atoms with van der Waals surface area (Å²) in [5.41, 5.74) is 1.24. The van der Waals surface area contributed by atoms with Crippen molar-refractivity contribution in [3.8, 4) is 0 Å². The van der Waals surface area contributed by atoms with Crippen molar-refractivity contribution in [2.75, 3.05) is 5.32 Å². The third-order valence-electron chi connectivity index (χ3n) is 4.80. The molecule has 9 heteroatoms. The molecule has 1 aliphatic carbocycles. The predicted octanol–water partition coefficient (Wildman–Crippen LogP) is 4.25. The van der Waals surface area contributed by atoms with E-state index in [9.17, 15) is 9.18 Å². The summed E-state index contributed by atoms with van der Waals surface area (Å²) in [6, 6.07) is 4.16. The molecule has 1 N–H and O–H groups in total. The number of fused-ring (bicyclic) bond motifs is 1. The Kier molecular flexibility index (Phi) is 5.13. The van der Waals surface area contributed by atoms with Gasteiger partial charge < -0.3 is 10.1 Å². The van der Waals surface area contributed by atoms with Crippen molar-refractivity contribution in [1.29, 1.82) is 0 Å². The van der Waals surface area contributed by atoms with Crippen LogP contribution in [0.3, 0.4) is 0 Å². The van der Waals surface area contributed by atoms with Gasteiger partial charge >= 0.3 is 5.97 Å². The minimum atomic E-state index is -0.441. The van der Waals surface area contributed by atoms with Crippen LogP contribution in [0, 0.1) is 5.82 Å². The molecule has 4 rings (SSSR count). The number of halogens is 2. The predicted molar refractivity (Wildman–Crippen MR) is 102 cm³/mol. The summed E-state index contributed by atoms with van der Waals surface area (Å²) in [6.45, 7) is 1.44. The topological polar surface area (TPSA) is 81.4 Å². The van der Waals surface area contributed by atoms with Crippen LogP contribution in [0.2, 0.25) is 5.02 Å². The van der Waals surface area contributed by atoms with Gasteiger partial charge in [0.2, 0.25) is 5.95 Å². The second kappa shape index (κ2) is 7.71. The molecule has 0 saturated heterocycles. The molecule has 0 spiro atoms. The van der Waals surface area contributed by atoms with Gasteiger partial charge in [-0.3, -0.25) is 4.79 Å². The highest BCUT2D eigenvalue weighted by Crippen LogP contribution is 2.33. The summed E-state index contributed by atoms with van der Waals surface area (Å²) in [5, 5.41) is 7.78. The number of carbonyl (C=O) groups excluding carboxylic acids is 1. The fourth-order valence-electron chi connectivity index (χ4n) is 3.58. The van der Waals surface area contributed by atoms with Crippen LogP contribution < -0.4 is 5.32 Å². The number of aromatic nitrogens is 4. The summed E-state index contributed by atoms with van der Waals surface area (Å²) in [6.07, 6.45) is 6.71. The van der Waals surface area contributed by atoms with Gasteiger partial charge in [-0.05, 0) is 43.9 Å². The summed E-state index contributed by atoms with van der Waals surface area (Å²) in [7, 11) is 0. The van der Waals surface area contributed by atoms with Gasteiger partial charge in [0, 0.05) is 23.6 Å². The van der Waals surface area contributed by atoms with Crippen LogP contribution in [-0.2, 0) is 9.53 Å². The molecule has 28 heavy (non-hydrogen) atoms. The molecule has 1 aliphatic rings. The van der Waals surface area contributed by atoms with Crippen LogP contribution >= 0.6 is 11.6 Å². The second-order valence-corrected chi connectivity index (χ2v) is 7.34. The summed E-state index contributed by atoms with van der Waals surface area (Å²) in [4.78, 5) is 19.9. The Bertz CT molecular complexity index is 996. The molecule has 2 heterocycles. The van der Waals surface area contributed by atoms with Crippen LogP contribution in [-0.4, -0.2) is 31.7 Å². The van der Waals surface area contributed by atoms with Gasteiger partial charge in [-0.1, -0.05) is 11.6 Å². The van der Waals surface area contributed by atoms with Crippen molar-refractivity contribution < 1.29 is 13.9 Å². The lowest BCUT2D eigenvalue weighted by Gasteiger charge is -2.27. The van der Waals surface area contributed by atoms with Crippen molar-refractivity contribution in [1.82, 2.24) is 19.6 Å². The fraction of sp³-hybridized carbons (Fsp3) is 0.368. The Morgan fingerprint density at radius 1 is 1.21 bits per heavy atom. The molecule has 0 unspecified atom stereocenters. The maximum absolute atomic E-state index is 13.5. The van der Waals surface area contributed by atoms with Gasteiger partial charge in [0.15, 0.2) is 0 Å². The molecule has 1 fully saturated rings. The van der Waals surface area contributed by atoms with E-state index >= 15 is 0 Å². The first-order chi connectivity index (χ1) is 13.5. The Morgan fingerprint density at radius 3 is 2.68 bits per heavy atom. The number of rotatable bonds is 4. The minimum Gasteiger partial charge on any atom is -0.463 e. The molecule has 7 nitrogen and oxygen atoms in total. The van der Waals surface area contributed by atoms with E-state index in [4.69, 9.17) is 16.3 Å². The van der Waals surface area contributed by atoms with Gasteiger partial charge in [0.25, 0.3) is 0 Å². The number of benzene rings is 1. The number of hydrogen-bond acceptors (Lipinski definition) is 6. The molecule has 0 radical (unpaired) electrons. The molecule has 0 amide bonds. The zero-order chi connectivity index (χ0) is 19.7. The SMILES string of the molecule is CC(=O)OC1CCC(c2ncc3cnc(Nc4cc(F)cc(Cl)c4)nn23)CC1. The molecule has 3 aromatic rings. The van der Waals surface area contributed by atoms with Crippen molar-refractivity contribution >= 4 is 34.7 Å². The molecule has 0 aliphatic heterocycles. The number of ether oxygens (including phenoxy) is 1. The third kappa shape index (κ3) is 4.06. The van der Waals surface area contributed by atoms with E-state index in [0.717, 1.165) is 37.0 Å². The number of carbonyl (C=O) groups is 1. The van der Waals surface area contributed by atoms with E-state index in [2.05, 4.69) is 20.4 Å². The molecule has 2 aromatic heterocycles. The maximum atomic E-state index is 13.5. The zero-order valence-electron chi connectivity index (χ0n) is 15.2. The minimum absolute atomic E-state index is 0.0236. The fourth-order valence-corrected chi connectivity index (χ4v) is 3.80. The highest BCUT2D eigenvalue weighted by molar-refractivity contribution is 6.30. The van der Waals surface area contributed by atoms with E-state index in [1.165, 1.54) is 19.1 Å². The van der Waals surface area contributed by atoms with Gasteiger partial charge in [0.1, 0.15) is 23.3 Å². The number of nitrogens with zero attached hydrogens (tertiary/aromatic N) is 4. The third-order valence-corrected chi connectivity index (χ3v) is 5.01. The average molecular weight is 404 g/mol. The Hall–Kier alpha value is -2.74. The van der Waals surface area contributed by atoms with E-state index in [1.807, 2.05) is 0 Å². The molecular weight excluding hydrogens is 385 g/mol. The molecule has 0 atom stereocenters. The van der Waals surface area contributed by atoms with Gasteiger partial charge in [-0.25, -0.2) is 18.9 Å². The standard InChI is InChI=1S/C19H19ClFN5O2/c1-11(27)28-17-4-2-12(3-5-17)18-22-9-16-10-23-19(25-26(16)18)24-15-7-13(20)6-14(21)8-15/h6-10,12,17H,2-5H2,1H3,(H,24,25). The Morgan fingerprint density at radius 2 is 1.96 bits per heavy atom. The van der Waals surface area contributed by atoms with E-state index in [0.29, 0.717) is 11.6 Å². The molecule has 146 valence electrons. The monoisotopic (exact) mass is 403 g/mol. The maximum Gasteiger partial charge on any atom is 0.302 e. The normalized spacial score (nSPS) is 19.5. The zero-order valence-corrected chi connectivity index (χ0v) is 16.0. The summed E-state index contributed by atoms with van der Waals surface area (Å²) in [5.74, 6) is 0.709. The first-order valence-corrected chi connectivity index (χ1v) is 9.47. The molecule has 1 aromatic carbocycles. The lowest BCUT2D eigenvalue weighted by Crippen LogP contribution is -2.23. The number of imidazole rings is 1. The quantitative estimate of drug-likeness (QED) is 0.656. The van der Waals surface area contributed by atoms with Crippen LogP contribution in [0.25, 0.3) is 5.52 Å². The van der Waals surface area contributed by atoms with Gasteiger partial charge in [0.05, 0.1) is 12.4 Å². The largest absolute Gasteiger partial charge is 0.463 e.